The zero-order valence-electron chi connectivity index (χ0n) is 18.2. The zero-order valence-corrected chi connectivity index (χ0v) is 18.2. The summed E-state index contributed by atoms with van der Waals surface area (Å²) in [5.74, 6) is 0.647. The van der Waals surface area contributed by atoms with Crippen molar-refractivity contribution in [3.05, 3.63) is 59.2 Å². The quantitative estimate of drug-likeness (QED) is 0.353. The maximum absolute atomic E-state index is 12.6. The standard InChI is InChI=1S/C26H28O4/c1-7-16-9-8-10-18-19(16)23(30-25(28)15(4)5)20-17-11-12-26(6,13-17)21(20)22(18)29-24(27)14(2)3/h8-10,17H,2,4,7,11-13H2,1,3,5-6H3. The molecule has 2 bridgehead atoms. The summed E-state index contributed by atoms with van der Waals surface area (Å²) in [5, 5.41) is 1.66. The number of hydrogen-bond donors (Lipinski definition) is 0. The molecule has 0 amide bonds. The summed E-state index contributed by atoms with van der Waals surface area (Å²) in [7, 11) is 0. The number of carbonyl (C=O) groups excluding carboxylic acids is 2. The van der Waals surface area contributed by atoms with E-state index in [1.807, 2.05) is 18.2 Å². The normalized spacial score (nSPS) is 21.4. The molecule has 0 saturated heterocycles. The molecule has 2 aliphatic carbocycles. The highest BCUT2D eigenvalue weighted by Crippen LogP contribution is 2.64. The first-order chi connectivity index (χ1) is 14.2. The Morgan fingerprint density at radius 1 is 1.10 bits per heavy atom. The average molecular weight is 405 g/mol. The van der Waals surface area contributed by atoms with Gasteiger partial charge in [0.2, 0.25) is 0 Å². The van der Waals surface area contributed by atoms with Gasteiger partial charge >= 0.3 is 11.9 Å². The predicted octanol–water partition coefficient (Wildman–Crippen LogP) is 5.90. The fourth-order valence-electron chi connectivity index (χ4n) is 5.13. The lowest BCUT2D eigenvalue weighted by Crippen LogP contribution is -2.21. The summed E-state index contributed by atoms with van der Waals surface area (Å²) >= 11 is 0. The van der Waals surface area contributed by atoms with Gasteiger partial charge in [-0.15, -0.1) is 0 Å². The Balaban J connectivity index is 2.10. The van der Waals surface area contributed by atoms with E-state index in [2.05, 4.69) is 27.0 Å². The van der Waals surface area contributed by atoms with Crippen molar-refractivity contribution in [2.45, 2.75) is 64.7 Å². The minimum absolute atomic E-state index is 0.106. The second-order valence-electron chi connectivity index (χ2n) is 8.98. The number of esters is 2. The molecule has 2 aliphatic rings. The van der Waals surface area contributed by atoms with Gasteiger partial charge in [0.1, 0.15) is 11.5 Å². The third-order valence-corrected chi connectivity index (χ3v) is 6.58. The van der Waals surface area contributed by atoms with Gasteiger partial charge in [-0.05, 0) is 56.4 Å². The van der Waals surface area contributed by atoms with E-state index < -0.39 is 11.9 Å². The average Bonchev–Trinajstić information content (AvgIpc) is 3.23. The number of fused-ring (bicyclic) bond motifs is 6. The molecule has 2 aromatic carbocycles. The topological polar surface area (TPSA) is 52.6 Å². The van der Waals surface area contributed by atoms with Gasteiger partial charge in [-0.1, -0.05) is 45.2 Å². The van der Waals surface area contributed by atoms with Crippen molar-refractivity contribution in [2.75, 3.05) is 0 Å². The van der Waals surface area contributed by atoms with Crippen LogP contribution in [-0.2, 0) is 21.4 Å². The van der Waals surface area contributed by atoms with Crippen LogP contribution < -0.4 is 9.47 Å². The van der Waals surface area contributed by atoms with Crippen LogP contribution in [0.1, 0.15) is 69.6 Å². The fraction of sp³-hybridized carbons (Fsp3) is 0.385. The smallest absolute Gasteiger partial charge is 0.338 e. The van der Waals surface area contributed by atoms with Gasteiger partial charge < -0.3 is 9.47 Å². The van der Waals surface area contributed by atoms with E-state index in [1.54, 1.807) is 13.8 Å². The van der Waals surface area contributed by atoms with Crippen molar-refractivity contribution < 1.29 is 19.1 Å². The third kappa shape index (κ3) is 2.97. The van der Waals surface area contributed by atoms with Gasteiger partial charge in [-0.3, -0.25) is 0 Å². The van der Waals surface area contributed by atoms with Crippen molar-refractivity contribution in [2.24, 2.45) is 0 Å². The largest absolute Gasteiger partial charge is 0.422 e. The summed E-state index contributed by atoms with van der Waals surface area (Å²) in [4.78, 5) is 25.1. The van der Waals surface area contributed by atoms with E-state index in [1.165, 1.54) is 0 Å². The van der Waals surface area contributed by atoms with Gasteiger partial charge in [-0.2, -0.15) is 0 Å². The lowest BCUT2D eigenvalue weighted by molar-refractivity contribution is -0.131. The molecule has 4 heteroatoms. The lowest BCUT2D eigenvalue weighted by Gasteiger charge is -2.30. The third-order valence-electron chi connectivity index (χ3n) is 6.58. The number of aryl methyl sites for hydroxylation is 1. The highest BCUT2D eigenvalue weighted by molar-refractivity contribution is 6.03. The second kappa shape index (κ2) is 7.12. The summed E-state index contributed by atoms with van der Waals surface area (Å²) in [6.07, 6.45) is 3.79. The lowest BCUT2D eigenvalue weighted by atomic mass is 9.78. The van der Waals surface area contributed by atoms with E-state index in [9.17, 15) is 9.59 Å². The molecule has 0 spiro atoms. The maximum Gasteiger partial charge on any atom is 0.338 e. The highest BCUT2D eigenvalue weighted by atomic mass is 16.5. The van der Waals surface area contributed by atoms with Crippen LogP contribution in [0.3, 0.4) is 0 Å². The Bertz CT molecular complexity index is 1120. The van der Waals surface area contributed by atoms with Gasteiger partial charge in [0.15, 0.2) is 0 Å². The van der Waals surface area contributed by atoms with Crippen LogP contribution >= 0.6 is 0 Å². The second-order valence-corrected chi connectivity index (χ2v) is 8.98. The van der Waals surface area contributed by atoms with Crippen molar-refractivity contribution in [3.63, 3.8) is 0 Å². The van der Waals surface area contributed by atoms with E-state index >= 15 is 0 Å². The predicted molar refractivity (Wildman–Crippen MR) is 118 cm³/mol. The molecule has 30 heavy (non-hydrogen) atoms. The minimum Gasteiger partial charge on any atom is -0.422 e. The molecule has 0 aromatic heterocycles. The Kier molecular flexibility index (Phi) is 4.84. The van der Waals surface area contributed by atoms with Crippen LogP contribution in [-0.4, -0.2) is 11.9 Å². The van der Waals surface area contributed by atoms with Crippen molar-refractivity contribution >= 4 is 22.7 Å². The van der Waals surface area contributed by atoms with Crippen LogP contribution in [0, 0.1) is 0 Å². The van der Waals surface area contributed by atoms with E-state index in [4.69, 9.17) is 9.47 Å². The SMILES string of the molecule is C=C(C)C(=O)Oc1c2c(c(OC(=O)C(=C)C)c3c(CC)cccc13)C1CCC2(C)C1. The Morgan fingerprint density at radius 2 is 1.73 bits per heavy atom. The van der Waals surface area contributed by atoms with Crippen molar-refractivity contribution in [1.82, 2.24) is 0 Å². The monoisotopic (exact) mass is 404 g/mol. The molecular formula is C26H28O4. The minimum atomic E-state index is -0.432. The maximum atomic E-state index is 12.6. The van der Waals surface area contributed by atoms with Crippen LogP contribution in [0.4, 0.5) is 0 Å². The van der Waals surface area contributed by atoms with E-state index in [0.717, 1.165) is 53.1 Å². The van der Waals surface area contributed by atoms with Gasteiger partial charge in [-0.25, -0.2) is 9.59 Å². The molecule has 156 valence electrons. The number of carbonyl (C=O) groups is 2. The van der Waals surface area contributed by atoms with Gasteiger partial charge in [0, 0.05) is 33.0 Å². The van der Waals surface area contributed by atoms with E-state index in [-0.39, 0.29) is 11.3 Å². The summed E-state index contributed by atoms with van der Waals surface area (Å²) in [6, 6.07) is 5.95. The van der Waals surface area contributed by atoms with Crippen LogP contribution in [0.5, 0.6) is 11.5 Å². The molecule has 0 aliphatic heterocycles. The molecule has 1 saturated carbocycles. The van der Waals surface area contributed by atoms with Crippen LogP contribution in [0.2, 0.25) is 0 Å². The van der Waals surface area contributed by atoms with Crippen LogP contribution in [0.25, 0.3) is 10.8 Å². The number of hydrogen-bond acceptors (Lipinski definition) is 4. The van der Waals surface area contributed by atoms with Gasteiger partial charge in [0.05, 0.1) is 0 Å². The summed E-state index contributed by atoms with van der Waals surface area (Å²) in [6.45, 7) is 15.1. The van der Waals surface area contributed by atoms with E-state index in [0.29, 0.717) is 22.6 Å². The molecule has 2 atom stereocenters. The summed E-state index contributed by atoms with van der Waals surface area (Å²) < 4.78 is 11.9. The van der Waals surface area contributed by atoms with Crippen molar-refractivity contribution in [3.8, 4) is 11.5 Å². The first-order valence-electron chi connectivity index (χ1n) is 10.5. The van der Waals surface area contributed by atoms with Gasteiger partial charge in [0.25, 0.3) is 0 Å². The number of rotatable bonds is 5. The molecule has 1 fully saturated rings. The molecular weight excluding hydrogens is 376 g/mol. The number of ether oxygens (including phenoxy) is 2. The Hall–Kier alpha value is -2.88. The molecule has 0 radical (unpaired) electrons. The van der Waals surface area contributed by atoms with Crippen molar-refractivity contribution in [1.29, 1.82) is 0 Å². The molecule has 2 aromatic rings. The Morgan fingerprint density at radius 3 is 2.33 bits per heavy atom. The molecule has 0 N–H and O–H groups in total. The molecule has 4 rings (SSSR count). The van der Waals surface area contributed by atoms with Crippen LogP contribution in [0.15, 0.2) is 42.5 Å². The highest BCUT2D eigenvalue weighted by Gasteiger charge is 2.51. The molecule has 2 unspecified atom stereocenters. The molecule has 0 heterocycles. The zero-order chi connectivity index (χ0) is 21.8. The molecule has 4 nitrogen and oxygen atoms in total. The number of benzene rings is 2. The Labute approximate surface area is 177 Å². The first-order valence-corrected chi connectivity index (χ1v) is 10.5. The summed E-state index contributed by atoms with van der Waals surface area (Å²) in [5.41, 5.74) is 3.70. The first kappa shape index (κ1) is 20.4. The fourth-order valence-corrected chi connectivity index (χ4v) is 5.13.